The maximum atomic E-state index is 11.6. The number of Topliss-reactive ketones (excluding diaryl/α,β-unsaturated/α-hetero) is 1. The van der Waals surface area contributed by atoms with Gasteiger partial charge in [0.25, 0.3) is 0 Å². The minimum atomic E-state index is -0.684. The molecule has 18 heavy (non-hydrogen) atoms. The predicted molar refractivity (Wildman–Crippen MR) is 75.7 cm³/mol. The average molecular weight is 267 g/mol. The first-order valence-corrected chi connectivity index (χ1v) is 7.21. The molecular formula is C14H21NO2S. The first-order valence-electron chi connectivity index (χ1n) is 6.33. The Morgan fingerprint density at radius 2 is 2.33 bits per heavy atom. The molecule has 100 valence electrons. The van der Waals surface area contributed by atoms with Crippen molar-refractivity contribution in [2.45, 2.75) is 52.6 Å². The molecule has 1 heterocycles. The number of thiazole rings is 1. The molecule has 1 N–H and O–H groups in total. The van der Waals surface area contributed by atoms with Crippen LogP contribution in [0.2, 0.25) is 0 Å². The molecule has 1 aromatic rings. The van der Waals surface area contributed by atoms with Gasteiger partial charge in [0.15, 0.2) is 0 Å². The molecule has 0 unspecified atom stereocenters. The van der Waals surface area contributed by atoms with E-state index >= 15 is 0 Å². The molecule has 0 aliphatic carbocycles. The Labute approximate surface area is 113 Å². The third-order valence-corrected chi connectivity index (χ3v) is 3.56. The van der Waals surface area contributed by atoms with Crippen LogP contribution in [0.25, 0.3) is 6.08 Å². The Bertz CT molecular complexity index is 423. The highest BCUT2D eigenvalue weighted by molar-refractivity contribution is 7.09. The maximum absolute atomic E-state index is 11.6. The molecule has 0 aliphatic heterocycles. The van der Waals surface area contributed by atoms with Gasteiger partial charge < -0.3 is 5.11 Å². The molecule has 0 aromatic carbocycles. The Kier molecular flexibility index (Phi) is 6.22. The zero-order valence-electron chi connectivity index (χ0n) is 11.3. The summed E-state index contributed by atoms with van der Waals surface area (Å²) in [5, 5.41) is 12.9. The number of ketones is 1. The van der Waals surface area contributed by atoms with Gasteiger partial charge in [0.2, 0.25) is 0 Å². The lowest BCUT2D eigenvalue weighted by Crippen LogP contribution is -2.14. The van der Waals surface area contributed by atoms with E-state index in [-0.39, 0.29) is 12.2 Å². The minimum Gasteiger partial charge on any atom is -0.388 e. The van der Waals surface area contributed by atoms with Crippen LogP contribution in [0.5, 0.6) is 0 Å². The van der Waals surface area contributed by atoms with E-state index in [0.717, 1.165) is 29.1 Å². The van der Waals surface area contributed by atoms with Crippen molar-refractivity contribution in [3.05, 3.63) is 21.7 Å². The van der Waals surface area contributed by atoms with Crippen molar-refractivity contribution < 1.29 is 9.90 Å². The smallest absolute Gasteiger partial charge is 0.135 e. The van der Waals surface area contributed by atoms with Gasteiger partial charge in [0, 0.05) is 18.2 Å². The fourth-order valence-electron chi connectivity index (χ4n) is 1.63. The summed E-state index contributed by atoms with van der Waals surface area (Å²) in [4.78, 5) is 15.9. The van der Waals surface area contributed by atoms with E-state index in [9.17, 15) is 9.90 Å². The number of nitrogens with zero attached hydrogens (tertiary/aromatic N) is 1. The van der Waals surface area contributed by atoms with E-state index in [4.69, 9.17) is 0 Å². The average Bonchev–Trinajstić information content (AvgIpc) is 2.72. The summed E-state index contributed by atoms with van der Waals surface area (Å²) in [6, 6.07) is 0. The van der Waals surface area contributed by atoms with Gasteiger partial charge in [0.1, 0.15) is 5.78 Å². The number of aromatic nitrogens is 1. The van der Waals surface area contributed by atoms with Crippen molar-refractivity contribution in [1.29, 1.82) is 0 Å². The van der Waals surface area contributed by atoms with Crippen molar-refractivity contribution in [3.8, 4) is 0 Å². The summed E-state index contributed by atoms with van der Waals surface area (Å²) >= 11 is 1.58. The molecule has 0 aliphatic rings. The van der Waals surface area contributed by atoms with Crippen LogP contribution in [0, 0.1) is 6.92 Å². The second kappa shape index (κ2) is 7.44. The molecule has 0 amide bonds. The summed E-state index contributed by atoms with van der Waals surface area (Å²) in [6.07, 6.45) is 3.86. The van der Waals surface area contributed by atoms with Gasteiger partial charge in [-0.15, -0.1) is 11.3 Å². The van der Waals surface area contributed by atoms with Crippen molar-refractivity contribution in [2.75, 3.05) is 0 Å². The van der Waals surface area contributed by atoms with Crippen LogP contribution in [-0.4, -0.2) is 22.0 Å². The van der Waals surface area contributed by atoms with E-state index < -0.39 is 6.10 Å². The summed E-state index contributed by atoms with van der Waals surface area (Å²) < 4.78 is 0. The zero-order chi connectivity index (χ0) is 13.5. The third kappa shape index (κ3) is 5.10. The first kappa shape index (κ1) is 15.1. The molecule has 4 heteroatoms. The molecule has 0 saturated heterocycles. The van der Waals surface area contributed by atoms with Crippen molar-refractivity contribution in [1.82, 2.24) is 4.98 Å². The number of hydrogen-bond donors (Lipinski definition) is 1. The Balaban J connectivity index is 2.53. The molecule has 1 atom stereocenters. The quantitative estimate of drug-likeness (QED) is 0.824. The van der Waals surface area contributed by atoms with Crippen molar-refractivity contribution in [2.24, 2.45) is 0 Å². The van der Waals surface area contributed by atoms with Crippen LogP contribution < -0.4 is 0 Å². The van der Waals surface area contributed by atoms with Gasteiger partial charge in [-0.2, -0.15) is 0 Å². The molecule has 3 nitrogen and oxygen atoms in total. The molecule has 1 aromatic heterocycles. The van der Waals surface area contributed by atoms with Gasteiger partial charge in [-0.05, 0) is 31.9 Å². The van der Waals surface area contributed by atoms with Gasteiger partial charge in [-0.1, -0.05) is 13.3 Å². The van der Waals surface area contributed by atoms with E-state index in [2.05, 4.69) is 11.9 Å². The van der Waals surface area contributed by atoms with Crippen LogP contribution in [0.4, 0.5) is 0 Å². The molecule has 0 bridgehead atoms. The van der Waals surface area contributed by atoms with E-state index in [0.29, 0.717) is 6.42 Å². The van der Waals surface area contributed by atoms with E-state index in [1.807, 2.05) is 25.3 Å². The molecular weight excluding hydrogens is 246 g/mol. The second-order valence-corrected chi connectivity index (χ2v) is 5.60. The largest absolute Gasteiger partial charge is 0.388 e. The number of aliphatic hydroxyl groups is 1. The number of hydrogen-bond acceptors (Lipinski definition) is 4. The van der Waals surface area contributed by atoms with Gasteiger partial charge in [0.05, 0.1) is 16.8 Å². The van der Waals surface area contributed by atoms with Crippen molar-refractivity contribution >= 4 is 23.2 Å². The van der Waals surface area contributed by atoms with Crippen LogP contribution in [-0.2, 0) is 4.79 Å². The van der Waals surface area contributed by atoms with Gasteiger partial charge >= 0.3 is 0 Å². The molecule has 1 rings (SSSR count). The number of aryl methyl sites for hydroxylation is 1. The summed E-state index contributed by atoms with van der Waals surface area (Å²) in [5.41, 5.74) is 1.65. The van der Waals surface area contributed by atoms with Crippen molar-refractivity contribution in [3.63, 3.8) is 0 Å². The highest BCUT2D eigenvalue weighted by atomic mass is 32.1. The maximum Gasteiger partial charge on any atom is 0.135 e. The predicted octanol–water partition coefficient (Wildman–Crippen LogP) is 3.37. The number of carbonyl (C=O) groups excluding carboxylic acids is 1. The monoisotopic (exact) mass is 267 g/mol. The number of rotatable bonds is 7. The molecule has 0 spiro atoms. The molecule has 0 fully saturated rings. The lowest BCUT2D eigenvalue weighted by molar-refractivity contribution is -0.120. The minimum absolute atomic E-state index is 0.131. The Hall–Kier alpha value is -1.00. The summed E-state index contributed by atoms with van der Waals surface area (Å²) in [6.45, 7) is 5.84. The summed E-state index contributed by atoms with van der Waals surface area (Å²) in [5.74, 6) is 0.131. The number of carbonyl (C=O) groups is 1. The van der Waals surface area contributed by atoms with Crippen LogP contribution in [0.3, 0.4) is 0 Å². The van der Waals surface area contributed by atoms with Gasteiger partial charge in [-0.25, -0.2) is 4.98 Å². The highest BCUT2D eigenvalue weighted by Crippen LogP contribution is 2.15. The lowest BCUT2D eigenvalue weighted by Gasteiger charge is -2.10. The Morgan fingerprint density at radius 1 is 1.61 bits per heavy atom. The van der Waals surface area contributed by atoms with E-state index in [1.165, 1.54) is 0 Å². The van der Waals surface area contributed by atoms with Crippen LogP contribution >= 0.6 is 11.3 Å². The molecule has 0 radical (unpaired) electrons. The SMILES string of the molecule is CCCCC(=O)C[C@H](O)/C(C)=C/c1csc(C)n1. The normalized spacial score (nSPS) is 13.7. The first-order chi connectivity index (χ1) is 8.52. The summed E-state index contributed by atoms with van der Waals surface area (Å²) in [7, 11) is 0. The highest BCUT2D eigenvalue weighted by Gasteiger charge is 2.12. The standard InChI is InChI=1S/C14H21NO2S/c1-4-5-6-13(16)8-14(17)10(2)7-12-9-18-11(3)15-12/h7,9,14,17H,4-6,8H2,1-3H3/b10-7+/t14-/m0/s1. The van der Waals surface area contributed by atoms with Gasteiger partial charge in [-0.3, -0.25) is 4.79 Å². The lowest BCUT2D eigenvalue weighted by atomic mass is 10.0. The molecule has 0 saturated carbocycles. The van der Waals surface area contributed by atoms with E-state index in [1.54, 1.807) is 11.3 Å². The third-order valence-electron chi connectivity index (χ3n) is 2.77. The number of unbranched alkanes of at least 4 members (excludes halogenated alkanes) is 1. The van der Waals surface area contributed by atoms with Crippen LogP contribution in [0.1, 0.15) is 50.2 Å². The Morgan fingerprint density at radius 3 is 2.89 bits per heavy atom. The van der Waals surface area contributed by atoms with Crippen LogP contribution in [0.15, 0.2) is 11.0 Å². The topological polar surface area (TPSA) is 50.2 Å². The number of aliphatic hydroxyl groups excluding tert-OH is 1. The fourth-order valence-corrected chi connectivity index (χ4v) is 2.20. The zero-order valence-corrected chi connectivity index (χ0v) is 12.1. The second-order valence-electron chi connectivity index (χ2n) is 4.54. The fraction of sp³-hybridized carbons (Fsp3) is 0.571.